The van der Waals surface area contributed by atoms with Crippen molar-refractivity contribution in [2.24, 2.45) is 7.05 Å². The molecule has 2 heterocycles. The van der Waals surface area contributed by atoms with Gasteiger partial charge in [0.2, 0.25) is 5.88 Å². The second kappa shape index (κ2) is 6.31. The molecular weight excluding hydrogens is 361 g/mol. The average Bonchev–Trinajstić information content (AvgIpc) is 2.91. The molecule has 24 heavy (non-hydrogen) atoms. The Balaban J connectivity index is 2.39. The van der Waals surface area contributed by atoms with Crippen molar-refractivity contribution in [3.63, 3.8) is 0 Å². The topological polar surface area (TPSA) is 65.4 Å². The van der Waals surface area contributed by atoms with Gasteiger partial charge in [0.15, 0.2) is 5.69 Å². The molecule has 2 rings (SSSR count). The van der Waals surface area contributed by atoms with Crippen LogP contribution in [0.2, 0.25) is 0 Å². The third-order valence-electron chi connectivity index (χ3n) is 2.97. The fraction of sp³-hybridized carbons (Fsp3) is 0.583. The van der Waals surface area contributed by atoms with E-state index in [1.807, 2.05) is 0 Å². The van der Waals surface area contributed by atoms with Crippen LogP contribution in [-0.2, 0) is 34.6 Å². The Bertz CT molecular complexity index is 684. The maximum Gasteiger partial charge on any atom is 0.435 e. The molecule has 1 atom stereocenters. The SMILES string of the molecule is Cn1nc(C(F)(F)F)c(C[S@@](=O)C2=CC(C)(C)ON2)c1OC(F)F. The summed E-state index contributed by atoms with van der Waals surface area (Å²) in [5.74, 6) is -1.51. The number of hydrogen-bond donors (Lipinski definition) is 1. The van der Waals surface area contributed by atoms with Gasteiger partial charge in [0.1, 0.15) is 10.6 Å². The number of aryl methyl sites for hydroxylation is 1. The molecule has 0 amide bonds. The first-order valence-corrected chi connectivity index (χ1v) is 7.86. The summed E-state index contributed by atoms with van der Waals surface area (Å²) in [4.78, 5) is 5.08. The largest absolute Gasteiger partial charge is 0.435 e. The minimum absolute atomic E-state index is 0.0416. The quantitative estimate of drug-likeness (QED) is 0.801. The number of hydrogen-bond acceptors (Lipinski definition) is 5. The summed E-state index contributed by atoms with van der Waals surface area (Å²) in [5.41, 5.74) is -0.576. The highest BCUT2D eigenvalue weighted by Gasteiger charge is 2.41. The Kier molecular flexibility index (Phi) is 4.91. The molecule has 12 heteroatoms. The van der Waals surface area contributed by atoms with Gasteiger partial charge in [-0.3, -0.25) is 14.5 Å². The fourth-order valence-electron chi connectivity index (χ4n) is 2.02. The Hall–Kier alpha value is -1.69. The molecule has 6 nitrogen and oxygen atoms in total. The normalized spacial score (nSPS) is 18.5. The van der Waals surface area contributed by atoms with Gasteiger partial charge in [0.05, 0.1) is 22.1 Å². The van der Waals surface area contributed by atoms with Crippen molar-refractivity contribution in [3.8, 4) is 5.88 Å². The molecule has 1 aromatic rings. The average molecular weight is 375 g/mol. The summed E-state index contributed by atoms with van der Waals surface area (Å²) >= 11 is 0. The van der Waals surface area contributed by atoms with Crippen molar-refractivity contribution in [1.29, 1.82) is 0 Å². The van der Waals surface area contributed by atoms with Crippen LogP contribution in [0.4, 0.5) is 22.0 Å². The number of alkyl halides is 5. The highest BCUT2D eigenvalue weighted by molar-refractivity contribution is 7.88. The van der Waals surface area contributed by atoms with E-state index in [4.69, 9.17) is 4.84 Å². The van der Waals surface area contributed by atoms with E-state index in [1.54, 1.807) is 13.8 Å². The Morgan fingerprint density at radius 1 is 1.46 bits per heavy atom. The molecule has 1 aromatic heterocycles. The second-order valence-corrected chi connectivity index (χ2v) is 6.86. The monoisotopic (exact) mass is 375 g/mol. The van der Waals surface area contributed by atoms with Gasteiger partial charge in [-0.25, -0.2) is 4.68 Å². The number of nitrogens with one attached hydrogen (secondary N) is 1. The Labute approximate surface area is 136 Å². The summed E-state index contributed by atoms with van der Waals surface area (Å²) < 4.78 is 81.0. The number of halogens is 5. The third-order valence-corrected chi connectivity index (χ3v) is 4.21. The number of hydroxylamine groups is 1. The van der Waals surface area contributed by atoms with Crippen molar-refractivity contribution in [1.82, 2.24) is 15.3 Å². The first-order chi connectivity index (χ1) is 10.9. The van der Waals surface area contributed by atoms with Crippen LogP contribution in [0.15, 0.2) is 11.1 Å². The lowest BCUT2D eigenvalue weighted by Crippen LogP contribution is -2.21. The summed E-state index contributed by atoms with van der Waals surface area (Å²) in [6.45, 7) is -0.0682. The predicted molar refractivity (Wildman–Crippen MR) is 73.1 cm³/mol. The number of rotatable bonds is 5. The van der Waals surface area contributed by atoms with Crippen LogP contribution in [0, 0.1) is 0 Å². The molecule has 0 bridgehead atoms. The lowest BCUT2D eigenvalue weighted by atomic mass is 10.1. The smallest absolute Gasteiger partial charge is 0.417 e. The summed E-state index contributed by atoms with van der Waals surface area (Å²) in [6.07, 6.45) is -3.48. The zero-order valence-electron chi connectivity index (χ0n) is 12.8. The summed E-state index contributed by atoms with van der Waals surface area (Å²) in [6, 6.07) is 0. The van der Waals surface area contributed by atoms with Crippen LogP contribution >= 0.6 is 0 Å². The molecule has 0 saturated heterocycles. The molecule has 1 aliphatic heterocycles. The van der Waals surface area contributed by atoms with Crippen molar-refractivity contribution >= 4 is 10.8 Å². The number of aromatic nitrogens is 2. The lowest BCUT2D eigenvalue weighted by Gasteiger charge is -2.11. The van der Waals surface area contributed by atoms with E-state index in [2.05, 4.69) is 15.3 Å². The molecular formula is C12H14F5N3O3S. The first-order valence-electron chi connectivity index (χ1n) is 6.54. The van der Waals surface area contributed by atoms with E-state index in [1.165, 1.54) is 6.08 Å². The summed E-state index contributed by atoms with van der Waals surface area (Å²) in [7, 11) is -0.977. The minimum Gasteiger partial charge on any atom is -0.417 e. The van der Waals surface area contributed by atoms with Gasteiger partial charge in [0.25, 0.3) is 0 Å². The molecule has 0 unspecified atom stereocenters. The van der Waals surface area contributed by atoms with E-state index in [9.17, 15) is 26.2 Å². The third kappa shape index (κ3) is 4.04. The maximum atomic E-state index is 13.1. The summed E-state index contributed by atoms with van der Waals surface area (Å²) in [5, 5.41) is 3.21. The minimum atomic E-state index is -4.91. The molecule has 136 valence electrons. The van der Waals surface area contributed by atoms with E-state index in [-0.39, 0.29) is 5.03 Å². The van der Waals surface area contributed by atoms with Crippen LogP contribution in [0.25, 0.3) is 0 Å². The molecule has 0 aromatic carbocycles. The first kappa shape index (κ1) is 18.6. The Morgan fingerprint density at radius 3 is 2.54 bits per heavy atom. The zero-order valence-corrected chi connectivity index (χ0v) is 13.6. The standard InChI is InChI=1S/C12H14F5N3O3S/c1-11(2)4-7(19-23-11)24(21)5-6-8(12(15,16)17)18-20(3)9(6)22-10(13)14/h4,10,19H,5H2,1-3H3/t24-/m1/s1. The van der Waals surface area contributed by atoms with Crippen LogP contribution in [0.1, 0.15) is 25.1 Å². The van der Waals surface area contributed by atoms with Crippen LogP contribution in [-0.4, -0.2) is 26.2 Å². The molecule has 0 aliphatic carbocycles. The number of ether oxygens (including phenoxy) is 1. The predicted octanol–water partition coefficient (Wildman–Crippen LogP) is 2.44. The van der Waals surface area contributed by atoms with Gasteiger partial charge in [0, 0.05) is 7.05 Å². The van der Waals surface area contributed by atoms with Gasteiger partial charge in [-0.05, 0) is 19.9 Å². The second-order valence-electron chi connectivity index (χ2n) is 5.44. The number of nitrogens with zero attached hydrogens (tertiary/aromatic N) is 2. The van der Waals surface area contributed by atoms with Gasteiger partial charge in [-0.15, -0.1) is 0 Å². The molecule has 0 spiro atoms. The highest BCUT2D eigenvalue weighted by Crippen LogP contribution is 2.37. The molecule has 0 radical (unpaired) electrons. The lowest BCUT2D eigenvalue weighted by molar-refractivity contribution is -0.142. The zero-order chi connectivity index (χ0) is 18.3. The van der Waals surface area contributed by atoms with Gasteiger partial charge < -0.3 is 4.74 Å². The van der Waals surface area contributed by atoms with Gasteiger partial charge in [-0.1, -0.05) is 0 Å². The molecule has 1 aliphatic rings. The van der Waals surface area contributed by atoms with Crippen molar-refractivity contribution < 1.29 is 35.7 Å². The van der Waals surface area contributed by atoms with Gasteiger partial charge in [-0.2, -0.15) is 27.1 Å². The molecule has 0 saturated carbocycles. The Morgan fingerprint density at radius 2 is 2.08 bits per heavy atom. The fourth-order valence-corrected chi connectivity index (χ4v) is 3.25. The van der Waals surface area contributed by atoms with Crippen molar-refractivity contribution in [2.75, 3.05) is 0 Å². The van der Waals surface area contributed by atoms with E-state index >= 15 is 0 Å². The van der Waals surface area contributed by atoms with Crippen LogP contribution in [0.5, 0.6) is 5.88 Å². The van der Waals surface area contributed by atoms with Crippen LogP contribution < -0.4 is 10.2 Å². The van der Waals surface area contributed by atoms with E-state index in [0.29, 0.717) is 4.68 Å². The van der Waals surface area contributed by atoms with E-state index < -0.39 is 52.1 Å². The van der Waals surface area contributed by atoms with Crippen molar-refractivity contribution in [2.45, 2.75) is 38.0 Å². The molecule has 0 fully saturated rings. The van der Waals surface area contributed by atoms with Crippen molar-refractivity contribution in [3.05, 3.63) is 22.4 Å². The molecule has 1 N–H and O–H groups in total. The van der Waals surface area contributed by atoms with E-state index in [0.717, 1.165) is 7.05 Å². The maximum absolute atomic E-state index is 13.1. The van der Waals surface area contributed by atoms with Gasteiger partial charge >= 0.3 is 12.8 Å². The van der Waals surface area contributed by atoms with Crippen LogP contribution in [0.3, 0.4) is 0 Å². The highest BCUT2D eigenvalue weighted by atomic mass is 32.2.